The lowest BCUT2D eigenvalue weighted by molar-refractivity contribution is -0.150. The Hall–Kier alpha value is -3.04. The van der Waals surface area contributed by atoms with Crippen LogP contribution in [0, 0.1) is 6.42 Å². The number of esters is 1. The second kappa shape index (κ2) is 12.3. The number of ether oxygens (including phenoxy) is 1. The Morgan fingerprint density at radius 3 is 2.58 bits per heavy atom. The third kappa shape index (κ3) is 7.99. The number of carboxylic acids is 1. The molecular formula is C27H29N2O5S2. The van der Waals surface area contributed by atoms with E-state index in [1.165, 1.54) is 18.2 Å². The first-order chi connectivity index (χ1) is 17.0. The summed E-state index contributed by atoms with van der Waals surface area (Å²) in [5.41, 5.74) is 2.12. The van der Waals surface area contributed by atoms with E-state index in [0.29, 0.717) is 52.0 Å². The molecule has 0 bridgehead atoms. The Labute approximate surface area is 220 Å². The van der Waals surface area contributed by atoms with Gasteiger partial charge in [0.2, 0.25) is 0 Å². The summed E-state index contributed by atoms with van der Waals surface area (Å²) in [5, 5.41) is 8.75. The Balaban J connectivity index is 1.73. The third-order valence-electron chi connectivity index (χ3n) is 5.11. The number of unbranched alkanes of at least 4 members (excludes halogenated alkanes) is 2. The standard InChI is InChI=1S/C27H29N2O5S2/c1-27(2,3)34-24(32)16-18-10-6-7-12-20(18)21-13-9-11-19(28-21)17-22-25(33)29(26(35)36-22)15-8-4-5-14-23(30)31/h6-7,9-13,16-17H,4-5,8,14-15H2,1-3H3,(H,30,31)/b22-17-. The van der Waals surface area contributed by atoms with Crippen molar-refractivity contribution < 1.29 is 24.2 Å². The van der Waals surface area contributed by atoms with Crippen LogP contribution >= 0.6 is 24.0 Å². The fourth-order valence-electron chi connectivity index (χ4n) is 3.55. The van der Waals surface area contributed by atoms with Gasteiger partial charge in [-0.15, -0.1) is 0 Å². The van der Waals surface area contributed by atoms with E-state index < -0.39 is 17.5 Å². The molecule has 1 fully saturated rings. The van der Waals surface area contributed by atoms with Crippen molar-refractivity contribution in [3.63, 3.8) is 0 Å². The van der Waals surface area contributed by atoms with Gasteiger partial charge in [-0.2, -0.15) is 0 Å². The smallest absolute Gasteiger partial charge is 0.315 e. The number of carbonyl (C=O) groups is 3. The minimum atomic E-state index is -0.816. The maximum absolute atomic E-state index is 12.9. The van der Waals surface area contributed by atoms with Crippen LogP contribution in [-0.4, -0.2) is 49.3 Å². The predicted molar refractivity (Wildman–Crippen MR) is 145 cm³/mol. The maximum atomic E-state index is 12.9. The van der Waals surface area contributed by atoms with Gasteiger partial charge in [-0.25, -0.2) is 4.98 Å². The lowest BCUT2D eigenvalue weighted by Crippen LogP contribution is -2.29. The average molecular weight is 526 g/mol. The second-order valence-corrected chi connectivity index (χ2v) is 10.9. The first kappa shape index (κ1) is 27.5. The number of hydrogen-bond acceptors (Lipinski definition) is 7. The van der Waals surface area contributed by atoms with E-state index >= 15 is 0 Å². The number of carboxylic acid groups (broad SMARTS) is 1. The number of carbonyl (C=O) groups excluding carboxylic acids is 2. The highest BCUT2D eigenvalue weighted by atomic mass is 32.2. The van der Waals surface area contributed by atoms with Crippen LogP contribution in [0.3, 0.4) is 0 Å². The molecular weight excluding hydrogens is 496 g/mol. The first-order valence-electron chi connectivity index (χ1n) is 11.6. The average Bonchev–Trinajstić information content (AvgIpc) is 3.05. The fraction of sp³-hybridized carbons (Fsp3) is 0.333. The molecule has 0 atom stereocenters. The van der Waals surface area contributed by atoms with Gasteiger partial charge in [0.25, 0.3) is 5.91 Å². The summed E-state index contributed by atoms with van der Waals surface area (Å²) in [4.78, 5) is 42.7. The summed E-state index contributed by atoms with van der Waals surface area (Å²) in [6.07, 6.45) is 5.27. The molecule has 2 aromatic rings. The summed E-state index contributed by atoms with van der Waals surface area (Å²) in [6.45, 7) is 5.91. The molecule has 1 amide bonds. The molecule has 1 aromatic carbocycles. The largest absolute Gasteiger partial charge is 0.481 e. The molecule has 0 saturated carbocycles. The highest BCUT2D eigenvalue weighted by Gasteiger charge is 2.31. The molecule has 36 heavy (non-hydrogen) atoms. The van der Waals surface area contributed by atoms with Gasteiger partial charge in [0.05, 0.1) is 22.7 Å². The summed E-state index contributed by atoms with van der Waals surface area (Å²) in [5.74, 6) is -1.42. The summed E-state index contributed by atoms with van der Waals surface area (Å²) in [6, 6.07) is 12.9. The van der Waals surface area contributed by atoms with Crippen LogP contribution in [0.5, 0.6) is 0 Å². The van der Waals surface area contributed by atoms with Crippen LogP contribution in [0.4, 0.5) is 0 Å². The van der Waals surface area contributed by atoms with Gasteiger partial charge in [-0.3, -0.25) is 19.3 Å². The van der Waals surface area contributed by atoms with E-state index in [-0.39, 0.29) is 12.3 Å². The highest BCUT2D eigenvalue weighted by molar-refractivity contribution is 8.26. The minimum Gasteiger partial charge on any atom is -0.481 e. The van der Waals surface area contributed by atoms with Crippen LogP contribution in [0.15, 0.2) is 47.4 Å². The molecule has 3 rings (SSSR count). The summed E-state index contributed by atoms with van der Waals surface area (Å²) in [7, 11) is 0. The Kier molecular flexibility index (Phi) is 9.39. The lowest BCUT2D eigenvalue weighted by Gasteiger charge is -2.19. The number of amides is 1. The number of benzene rings is 1. The molecule has 2 heterocycles. The van der Waals surface area contributed by atoms with Gasteiger partial charge in [0, 0.05) is 18.5 Å². The Morgan fingerprint density at radius 1 is 1.11 bits per heavy atom. The van der Waals surface area contributed by atoms with E-state index in [9.17, 15) is 14.4 Å². The van der Waals surface area contributed by atoms with E-state index in [1.807, 2.05) is 63.2 Å². The zero-order valence-electron chi connectivity index (χ0n) is 20.5. The molecule has 1 aliphatic rings. The van der Waals surface area contributed by atoms with Crippen molar-refractivity contribution in [3.05, 3.63) is 65.0 Å². The van der Waals surface area contributed by atoms with E-state index in [0.717, 1.165) is 5.56 Å². The van der Waals surface area contributed by atoms with Crippen molar-refractivity contribution in [2.75, 3.05) is 6.54 Å². The molecule has 1 saturated heterocycles. The van der Waals surface area contributed by atoms with Crippen molar-refractivity contribution in [1.82, 2.24) is 9.88 Å². The number of pyridine rings is 1. The highest BCUT2D eigenvalue weighted by Crippen LogP contribution is 2.33. The van der Waals surface area contributed by atoms with Gasteiger partial charge in [0.1, 0.15) is 9.92 Å². The number of hydrogen-bond donors (Lipinski definition) is 1. The second-order valence-electron chi connectivity index (χ2n) is 9.25. The van der Waals surface area contributed by atoms with Crippen LogP contribution in [0.1, 0.15) is 57.7 Å². The zero-order chi connectivity index (χ0) is 26.3. The van der Waals surface area contributed by atoms with Gasteiger partial charge in [-0.1, -0.05) is 60.7 Å². The molecule has 0 aliphatic carbocycles. The summed E-state index contributed by atoms with van der Waals surface area (Å²) < 4.78 is 5.91. The molecule has 1 N–H and O–H groups in total. The monoisotopic (exact) mass is 525 g/mol. The normalized spacial score (nSPS) is 15.0. The van der Waals surface area contributed by atoms with Gasteiger partial charge in [-0.05, 0) is 57.4 Å². The minimum absolute atomic E-state index is 0.124. The van der Waals surface area contributed by atoms with Crippen LogP contribution < -0.4 is 0 Å². The summed E-state index contributed by atoms with van der Waals surface area (Å²) >= 11 is 6.62. The van der Waals surface area contributed by atoms with E-state index in [2.05, 4.69) is 0 Å². The van der Waals surface area contributed by atoms with Crippen LogP contribution in [0.2, 0.25) is 0 Å². The Bertz CT molecular complexity index is 1190. The predicted octanol–water partition coefficient (Wildman–Crippen LogP) is 5.49. The molecule has 189 valence electrons. The maximum Gasteiger partial charge on any atom is 0.315 e. The topological polar surface area (TPSA) is 96.8 Å². The number of nitrogens with zero attached hydrogens (tertiary/aromatic N) is 2. The Morgan fingerprint density at radius 2 is 1.86 bits per heavy atom. The molecule has 1 aliphatic heterocycles. The quantitative estimate of drug-likeness (QED) is 0.188. The first-order valence-corrected chi connectivity index (χ1v) is 12.9. The lowest BCUT2D eigenvalue weighted by atomic mass is 10.0. The van der Waals surface area contributed by atoms with Crippen LogP contribution in [-0.2, 0) is 19.1 Å². The van der Waals surface area contributed by atoms with Crippen molar-refractivity contribution in [1.29, 1.82) is 0 Å². The van der Waals surface area contributed by atoms with Gasteiger partial charge < -0.3 is 9.84 Å². The number of aliphatic carboxylic acids is 1. The molecule has 0 unspecified atom stereocenters. The van der Waals surface area contributed by atoms with Crippen molar-refractivity contribution >= 4 is 52.2 Å². The number of thiocarbonyl (C=S) groups is 1. The molecule has 1 radical (unpaired) electrons. The van der Waals surface area contributed by atoms with Crippen molar-refractivity contribution in [2.24, 2.45) is 0 Å². The molecule has 0 spiro atoms. The zero-order valence-corrected chi connectivity index (χ0v) is 22.2. The number of rotatable bonds is 10. The molecule has 7 nitrogen and oxygen atoms in total. The van der Waals surface area contributed by atoms with Crippen molar-refractivity contribution in [2.45, 2.75) is 52.1 Å². The van der Waals surface area contributed by atoms with Crippen LogP contribution in [0.25, 0.3) is 17.3 Å². The third-order valence-corrected chi connectivity index (χ3v) is 6.49. The van der Waals surface area contributed by atoms with Gasteiger partial charge in [0.15, 0.2) is 0 Å². The van der Waals surface area contributed by atoms with Crippen molar-refractivity contribution in [3.8, 4) is 11.3 Å². The molecule has 1 aromatic heterocycles. The SMILES string of the molecule is CC(C)(C)OC(=O)[CH]c1ccccc1-c1cccc(/C=C2\SC(=S)N(CCCCCC(=O)O)C2=O)n1. The van der Waals surface area contributed by atoms with E-state index in [4.69, 9.17) is 27.0 Å². The van der Waals surface area contributed by atoms with E-state index in [1.54, 1.807) is 11.0 Å². The molecule has 9 heteroatoms. The number of aromatic nitrogens is 1. The van der Waals surface area contributed by atoms with Gasteiger partial charge >= 0.3 is 11.9 Å². The fourth-order valence-corrected chi connectivity index (χ4v) is 4.84. The number of thioether (sulfide) groups is 1.